The van der Waals surface area contributed by atoms with Gasteiger partial charge in [0, 0.05) is 42.2 Å². The summed E-state index contributed by atoms with van der Waals surface area (Å²) in [6.45, 7) is 1.57. The second kappa shape index (κ2) is 5.68. The maximum absolute atomic E-state index is 12.3. The van der Waals surface area contributed by atoms with Crippen LogP contribution in [0.4, 0.5) is 5.69 Å². The second-order valence-electron chi connectivity index (χ2n) is 6.52. The Morgan fingerprint density at radius 1 is 1.30 bits per heavy atom. The van der Waals surface area contributed by atoms with E-state index in [2.05, 4.69) is 15.3 Å². The molecule has 0 spiro atoms. The summed E-state index contributed by atoms with van der Waals surface area (Å²) in [5.41, 5.74) is 2.45. The molecule has 2 aromatic heterocycles. The SMILES string of the molecule is O=CN1CCC(Nc2cnc3[nH]cc(C(=O)C4CC4)c3c2)CC1. The molecule has 6 heteroatoms. The number of H-pyrrole nitrogens is 1. The number of carbonyl (C=O) groups is 2. The Bertz CT molecular complexity index is 742. The molecule has 1 saturated carbocycles. The van der Waals surface area contributed by atoms with Crippen LogP contribution in [0, 0.1) is 5.92 Å². The lowest BCUT2D eigenvalue weighted by atomic mass is 10.0. The molecule has 120 valence electrons. The van der Waals surface area contributed by atoms with Crippen LogP contribution in [0.2, 0.25) is 0 Å². The molecule has 1 amide bonds. The van der Waals surface area contributed by atoms with Gasteiger partial charge in [-0.15, -0.1) is 0 Å². The molecule has 0 bridgehead atoms. The van der Waals surface area contributed by atoms with E-state index in [1.54, 1.807) is 17.3 Å². The van der Waals surface area contributed by atoms with Crippen LogP contribution in [-0.2, 0) is 4.79 Å². The summed E-state index contributed by atoms with van der Waals surface area (Å²) in [7, 11) is 0. The first-order valence-corrected chi connectivity index (χ1v) is 8.22. The first kappa shape index (κ1) is 14.2. The van der Waals surface area contributed by atoms with Gasteiger partial charge in [0.05, 0.1) is 11.9 Å². The van der Waals surface area contributed by atoms with Gasteiger partial charge < -0.3 is 15.2 Å². The van der Waals surface area contributed by atoms with Crippen molar-refractivity contribution in [3.63, 3.8) is 0 Å². The number of amides is 1. The minimum Gasteiger partial charge on any atom is -0.381 e. The number of ketones is 1. The number of carbonyl (C=O) groups excluding carboxylic acids is 2. The first-order valence-electron chi connectivity index (χ1n) is 8.22. The zero-order valence-corrected chi connectivity index (χ0v) is 12.9. The van der Waals surface area contributed by atoms with Crippen LogP contribution in [0.3, 0.4) is 0 Å². The molecule has 1 saturated heterocycles. The van der Waals surface area contributed by atoms with Crippen molar-refractivity contribution in [3.05, 3.63) is 24.0 Å². The minimum atomic E-state index is 0.207. The number of Topliss-reactive ketones (excluding diaryl/α,β-unsaturated/α-hetero) is 1. The van der Waals surface area contributed by atoms with Crippen LogP contribution in [0.15, 0.2) is 18.5 Å². The monoisotopic (exact) mass is 312 g/mol. The van der Waals surface area contributed by atoms with E-state index in [9.17, 15) is 9.59 Å². The van der Waals surface area contributed by atoms with Crippen molar-refractivity contribution in [1.82, 2.24) is 14.9 Å². The zero-order valence-electron chi connectivity index (χ0n) is 12.9. The number of nitrogens with zero attached hydrogens (tertiary/aromatic N) is 2. The molecule has 2 aromatic rings. The van der Waals surface area contributed by atoms with Gasteiger partial charge in [0.25, 0.3) is 0 Å². The van der Waals surface area contributed by atoms with Crippen molar-refractivity contribution < 1.29 is 9.59 Å². The molecule has 23 heavy (non-hydrogen) atoms. The van der Waals surface area contributed by atoms with Crippen LogP contribution in [0.25, 0.3) is 11.0 Å². The van der Waals surface area contributed by atoms with Gasteiger partial charge in [0.15, 0.2) is 5.78 Å². The number of nitrogens with one attached hydrogen (secondary N) is 2. The van der Waals surface area contributed by atoms with Gasteiger partial charge in [-0.05, 0) is 31.7 Å². The highest BCUT2D eigenvalue weighted by atomic mass is 16.1. The van der Waals surface area contributed by atoms with Crippen LogP contribution < -0.4 is 5.32 Å². The normalized spacial score (nSPS) is 19.0. The van der Waals surface area contributed by atoms with Gasteiger partial charge in [-0.2, -0.15) is 0 Å². The van der Waals surface area contributed by atoms with Crippen molar-refractivity contribution in [1.29, 1.82) is 0 Å². The lowest BCUT2D eigenvalue weighted by molar-refractivity contribution is -0.118. The van der Waals surface area contributed by atoms with Crippen molar-refractivity contribution in [3.8, 4) is 0 Å². The molecule has 0 aromatic carbocycles. The molecule has 0 radical (unpaired) electrons. The third-order valence-electron chi connectivity index (χ3n) is 4.79. The third kappa shape index (κ3) is 2.81. The lowest BCUT2D eigenvalue weighted by Gasteiger charge is -2.30. The number of aromatic amines is 1. The number of piperidine rings is 1. The van der Waals surface area contributed by atoms with Gasteiger partial charge in [0.2, 0.25) is 6.41 Å². The molecule has 1 aliphatic heterocycles. The van der Waals surface area contributed by atoms with Crippen molar-refractivity contribution in [2.75, 3.05) is 18.4 Å². The van der Waals surface area contributed by atoms with Crippen LogP contribution in [-0.4, -0.2) is 46.2 Å². The predicted octanol–water partition coefficient (Wildman–Crippen LogP) is 2.19. The number of hydrogen-bond acceptors (Lipinski definition) is 4. The Kier molecular flexibility index (Phi) is 3.52. The molecule has 1 aliphatic carbocycles. The van der Waals surface area contributed by atoms with E-state index in [1.165, 1.54) is 0 Å². The number of anilines is 1. The predicted molar refractivity (Wildman–Crippen MR) is 87.4 cm³/mol. The molecular weight excluding hydrogens is 292 g/mol. The smallest absolute Gasteiger partial charge is 0.209 e. The van der Waals surface area contributed by atoms with Gasteiger partial charge >= 0.3 is 0 Å². The number of hydrogen-bond donors (Lipinski definition) is 2. The Morgan fingerprint density at radius 3 is 2.78 bits per heavy atom. The molecule has 2 N–H and O–H groups in total. The highest BCUT2D eigenvalue weighted by Crippen LogP contribution is 2.34. The van der Waals surface area contributed by atoms with E-state index in [4.69, 9.17) is 0 Å². The minimum absolute atomic E-state index is 0.207. The summed E-state index contributed by atoms with van der Waals surface area (Å²) >= 11 is 0. The molecule has 4 rings (SSSR count). The third-order valence-corrected chi connectivity index (χ3v) is 4.79. The fraction of sp³-hybridized carbons (Fsp3) is 0.471. The van der Waals surface area contributed by atoms with Gasteiger partial charge in [-0.25, -0.2) is 4.98 Å². The number of rotatable bonds is 5. The lowest BCUT2D eigenvalue weighted by Crippen LogP contribution is -2.38. The van der Waals surface area contributed by atoms with Crippen LogP contribution >= 0.6 is 0 Å². The molecule has 0 atom stereocenters. The van der Waals surface area contributed by atoms with Crippen molar-refractivity contribution in [2.45, 2.75) is 31.7 Å². The molecule has 2 aliphatic rings. The summed E-state index contributed by atoms with van der Waals surface area (Å²) in [6.07, 6.45) is 8.37. The fourth-order valence-electron chi connectivity index (χ4n) is 3.24. The molecule has 2 fully saturated rings. The number of aromatic nitrogens is 2. The second-order valence-corrected chi connectivity index (χ2v) is 6.52. The van der Waals surface area contributed by atoms with E-state index in [0.717, 1.165) is 67.5 Å². The fourth-order valence-corrected chi connectivity index (χ4v) is 3.24. The first-order chi connectivity index (χ1) is 11.2. The standard InChI is InChI=1S/C17H20N4O2/c22-10-21-5-3-12(4-6-21)20-13-7-14-15(16(23)11-1-2-11)9-19-17(14)18-8-13/h7-12,20H,1-6H2,(H,18,19). The Hall–Kier alpha value is -2.37. The van der Waals surface area contributed by atoms with E-state index >= 15 is 0 Å². The molecular formula is C17H20N4O2. The number of pyridine rings is 1. The molecule has 0 unspecified atom stereocenters. The van der Waals surface area contributed by atoms with E-state index < -0.39 is 0 Å². The summed E-state index contributed by atoms with van der Waals surface area (Å²) in [4.78, 5) is 32.4. The molecule has 3 heterocycles. The zero-order chi connectivity index (χ0) is 15.8. The van der Waals surface area contributed by atoms with Gasteiger partial charge in [0.1, 0.15) is 5.65 Å². The molecule has 6 nitrogen and oxygen atoms in total. The average Bonchev–Trinajstić information content (AvgIpc) is 3.35. The largest absolute Gasteiger partial charge is 0.381 e. The van der Waals surface area contributed by atoms with E-state index in [0.29, 0.717) is 6.04 Å². The number of fused-ring (bicyclic) bond motifs is 1. The summed E-state index contributed by atoms with van der Waals surface area (Å²) < 4.78 is 0. The highest BCUT2D eigenvalue weighted by Gasteiger charge is 2.32. The van der Waals surface area contributed by atoms with E-state index in [-0.39, 0.29) is 11.7 Å². The summed E-state index contributed by atoms with van der Waals surface area (Å²) in [5, 5.41) is 4.39. The Balaban J connectivity index is 1.53. The Labute approximate surface area is 134 Å². The average molecular weight is 312 g/mol. The Morgan fingerprint density at radius 2 is 2.09 bits per heavy atom. The highest BCUT2D eigenvalue weighted by molar-refractivity contribution is 6.09. The van der Waals surface area contributed by atoms with Crippen molar-refractivity contribution >= 4 is 28.9 Å². The maximum Gasteiger partial charge on any atom is 0.209 e. The van der Waals surface area contributed by atoms with Crippen LogP contribution in [0.1, 0.15) is 36.0 Å². The number of likely N-dealkylation sites (tertiary alicyclic amines) is 1. The van der Waals surface area contributed by atoms with Gasteiger partial charge in [-0.1, -0.05) is 0 Å². The maximum atomic E-state index is 12.3. The van der Waals surface area contributed by atoms with Crippen LogP contribution in [0.5, 0.6) is 0 Å². The summed E-state index contributed by atoms with van der Waals surface area (Å²) in [5.74, 6) is 0.438. The topological polar surface area (TPSA) is 78.1 Å². The quantitative estimate of drug-likeness (QED) is 0.655. The summed E-state index contributed by atoms with van der Waals surface area (Å²) in [6, 6.07) is 2.35. The van der Waals surface area contributed by atoms with Crippen molar-refractivity contribution in [2.24, 2.45) is 5.92 Å². The van der Waals surface area contributed by atoms with Gasteiger partial charge in [-0.3, -0.25) is 9.59 Å². The van der Waals surface area contributed by atoms with E-state index in [1.807, 2.05) is 6.07 Å².